The van der Waals surface area contributed by atoms with Crippen molar-refractivity contribution in [3.05, 3.63) is 72.8 Å². The molecular weight excluding hydrogens is 440 g/mol. The standard InChI is InChI=1S/C23H24N6O3S/c30-18-11-17(22(32)25-13-14-3-1-8-24-12-14)21-19(20(18)31)28-23(33-21)27-15-4-6-16(7-5-15)29-10-2-9-26-29/h1-10,12,17-21,30-31H,11,13H2,(H,25,32)(H,27,28). The molecule has 0 saturated heterocycles. The van der Waals surface area contributed by atoms with Gasteiger partial charge in [0.2, 0.25) is 5.91 Å². The van der Waals surface area contributed by atoms with Gasteiger partial charge in [0.25, 0.3) is 0 Å². The number of fused-ring (bicyclic) bond motifs is 1. The van der Waals surface area contributed by atoms with Gasteiger partial charge in [-0.05, 0) is 48.4 Å². The van der Waals surface area contributed by atoms with Crippen LogP contribution in [0, 0.1) is 5.92 Å². The molecule has 1 aliphatic heterocycles. The highest BCUT2D eigenvalue weighted by molar-refractivity contribution is 8.15. The molecule has 1 aliphatic carbocycles. The predicted octanol–water partition coefficient (Wildman–Crippen LogP) is 1.58. The number of aromatic nitrogens is 3. The van der Waals surface area contributed by atoms with Crippen LogP contribution in [0.3, 0.4) is 0 Å². The quantitative estimate of drug-likeness (QED) is 0.452. The third kappa shape index (κ3) is 4.63. The van der Waals surface area contributed by atoms with Crippen molar-refractivity contribution in [2.75, 3.05) is 5.32 Å². The first kappa shape index (κ1) is 21.6. The molecule has 33 heavy (non-hydrogen) atoms. The molecule has 2 aromatic heterocycles. The Morgan fingerprint density at radius 2 is 2.00 bits per heavy atom. The Balaban J connectivity index is 1.26. The second-order valence-corrected chi connectivity index (χ2v) is 9.28. The molecule has 10 heteroatoms. The summed E-state index contributed by atoms with van der Waals surface area (Å²) in [5.41, 5.74) is 2.67. The van der Waals surface area contributed by atoms with Gasteiger partial charge in [-0.25, -0.2) is 4.68 Å². The molecule has 0 radical (unpaired) electrons. The van der Waals surface area contributed by atoms with Gasteiger partial charge in [-0.1, -0.05) is 17.8 Å². The fraction of sp³-hybridized carbons (Fsp3) is 0.304. The molecule has 5 unspecified atom stereocenters. The van der Waals surface area contributed by atoms with E-state index in [1.807, 2.05) is 48.7 Å². The van der Waals surface area contributed by atoms with E-state index in [1.54, 1.807) is 23.3 Å². The van der Waals surface area contributed by atoms with Crippen LogP contribution in [0.4, 0.5) is 5.69 Å². The first-order valence-corrected chi connectivity index (χ1v) is 11.6. The average molecular weight is 465 g/mol. The van der Waals surface area contributed by atoms with Crippen LogP contribution in [-0.2, 0) is 11.3 Å². The van der Waals surface area contributed by atoms with Crippen LogP contribution in [-0.4, -0.2) is 59.6 Å². The SMILES string of the molecule is O=C(NCc1cccnc1)C1CC(O)C(O)C2N=C(Nc3ccc(-n4cccn4)cc3)SC12. The normalized spacial score (nSPS) is 26.4. The van der Waals surface area contributed by atoms with E-state index in [2.05, 4.69) is 25.7 Å². The maximum atomic E-state index is 13.0. The minimum absolute atomic E-state index is 0.160. The lowest BCUT2D eigenvalue weighted by atomic mass is 9.81. The van der Waals surface area contributed by atoms with Crippen LogP contribution >= 0.6 is 11.8 Å². The molecule has 0 bridgehead atoms. The predicted molar refractivity (Wildman–Crippen MR) is 126 cm³/mol. The molecular formula is C23H24N6O3S. The number of amidine groups is 1. The Kier molecular flexibility index (Phi) is 6.12. The highest BCUT2D eigenvalue weighted by Gasteiger charge is 2.50. The number of pyridine rings is 1. The van der Waals surface area contributed by atoms with Crippen molar-refractivity contribution in [1.29, 1.82) is 0 Å². The van der Waals surface area contributed by atoms with Crippen molar-refractivity contribution < 1.29 is 15.0 Å². The van der Waals surface area contributed by atoms with Gasteiger partial charge in [-0.15, -0.1) is 0 Å². The van der Waals surface area contributed by atoms with Crippen LogP contribution in [0.5, 0.6) is 0 Å². The largest absolute Gasteiger partial charge is 0.390 e. The molecule has 5 rings (SSSR count). The van der Waals surface area contributed by atoms with E-state index in [0.29, 0.717) is 11.7 Å². The van der Waals surface area contributed by atoms with Crippen molar-refractivity contribution >= 4 is 28.5 Å². The summed E-state index contributed by atoms with van der Waals surface area (Å²) in [6.45, 7) is 0.360. The second kappa shape index (κ2) is 9.34. The van der Waals surface area contributed by atoms with Crippen LogP contribution in [0.1, 0.15) is 12.0 Å². The van der Waals surface area contributed by atoms with Gasteiger partial charge in [0.1, 0.15) is 6.10 Å². The van der Waals surface area contributed by atoms with Crippen molar-refractivity contribution in [2.45, 2.75) is 36.5 Å². The number of amides is 1. The van der Waals surface area contributed by atoms with Crippen molar-refractivity contribution in [1.82, 2.24) is 20.1 Å². The van der Waals surface area contributed by atoms with E-state index in [9.17, 15) is 15.0 Å². The van der Waals surface area contributed by atoms with Gasteiger partial charge in [0.05, 0.1) is 23.8 Å². The minimum atomic E-state index is -1.01. The Labute approximate surface area is 195 Å². The first-order chi connectivity index (χ1) is 16.1. The number of aliphatic hydroxyl groups excluding tert-OH is 2. The molecule has 3 heterocycles. The summed E-state index contributed by atoms with van der Waals surface area (Å²) in [4.78, 5) is 21.6. The van der Waals surface area contributed by atoms with E-state index in [1.165, 1.54) is 11.8 Å². The van der Waals surface area contributed by atoms with Gasteiger partial charge in [-0.2, -0.15) is 5.10 Å². The Morgan fingerprint density at radius 3 is 2.73 bits per heavy atom. The van der Waals surface area contributed by atoms with E-state index in [0.717, 1.165) is 16.9 Å². The lowest BCUT2D eigenvalue weighted by molar-refractivity contribution is -0.129. The summed E-state index contributed by atoms with van der Waals surface area (Å²) < 4.78 is 1.77. The van der Waals surface area contributed by atoms with Crippen molar-refractivity contribution in [2.24, 2.45) is 10.9 Å². The number of anilines is 1. The molecule has 5 atom stereocenters. The zero-order valence-corrected chi connectivity index (χ0v) is 18.5. The lowest BCUT2D eigenvalue weighted by Gasteiger charge is -2.37. The number of aliphatic hydroxyl groups is 2. The second-order valence-electron chi connectivity index (χ2n) is 8.11. The van der Waals surface area contributed by atoms with E-state index in [4.69, 9.17) is 0 Å². The number of rotatable bonds is 5. The number of carbonyl (C=O) groups excluding carboxylic acids is 1. The molecule has 0 spiro atoms. The molecule has 1 saturated carbocycles. The fourth-order valence-corrected chi connectivity index (χ4v) is 5.55. The number of hydrogen-bond donors (Lipinski definition) is 4. The maximum absolute atomic E-state index is 13.0. The van der Waals surface area contributed by atoms with Crippen LogP contribution in [0.2, 0.25) is 0 Å². The summed E-state index contributed by atoms with van der Waals surface area (Å²) in [6, 6.07) is 12.7. The molecule has 170 valence electrons. The Hall–Kier alpha value is -3.21. The molecule has 3 aromatic rings. The van der Waals surface area contributed by atoms with Gasteiger partial charge >= 0.3 is 0 Å². The number of benzene rings is 1. The summed E-state index contributed by atoms with van der Waals surface area (Å²) in [6.07, 6.45) is 5.16. The monoisotopic (exact) mass is 464 g/mol. The summed E-state index contributed by atoms with van der Waals surface area (Å²) in [5, 5.41) is 31.7. The van der Waals surface area contributed by atoms with Crippen LogP contribution in [0.15, 0.2) is 72.2 Å². The molecule has 2 aliphatic rings. The van der Waals surface area contributed by atoms with Crippen molar-refractivity contribution in [3.63, 3.8) is 0 Å². The zero-order valence-electron chi connectivity index (χ0n) is 17.7. The maximum Gasteiger partial charge on any atom is 0.224 e. The Bertz CT molecular complexity index is 1120. The highest BCUT2D eigenvalue weighted by atomic mass is 32.2. The van der Waals surface area contributed by atoms with Crippen LogP contribution in [0.25, 0.3) is 5.69 Å². The first-order valence-electron chi connectivity index (χ1n) is 10.7. The van der Waals surface area contributed by atoms with E-state index < -0.39 is 24.2 Å². The van der Waals surface area contributed by atoms with Gasteiger partial charge in [0, 0.05) is 42.3 Å². The van der Waals surface area contributed by atoms with Crippen LogP contribution < -0.4 is 10.6 Å². The third-order valence-corrected chi connectivity index (χ3v) is 7.21. The number of aliphatic imine (C=N–C) groups is 1. The number of nitrogens with zero attached hydrogens (tertiary/aromatic N) is 4. The number of hydrogen-bond acceptors (Lipinski definition) is 8. The van der Waals surface area contributed by atoms with Gasteiger partial charge in [-0.3, -0.25) is 14.8 Å². The van der Waals surface area contributed by atoms with Gasteiger partial charge < -0.3 is 20.8 Å². The molecule has 9 nitrogen and oxygen atoms in total. The lowest BCUT2D eigenvalue weighted by Crippen LogP contribution is -2.53. The summed E-state index contributed by atoms with van der Waals surface area (Å²) >= 11 is 1.43. The zero-order chi connectivity index (χ0) is 22.8. The smallest absolute Gasteiger partial charge is 0.224 e. The molecule has 4 N–H and O–H groups in total. The summed E-state index contributed by atoms with van der Waals surface area (Å²) in [5.74, 6) is -0.632. The van der Waals surface area contributed by atoms with Crippen molar-refractivity contribution in [3.8, 4) is 5.69 Å². The van der Waals surface area contributed by atoms with E-state index >= 15 is 0 Å². The minimum Gasteiger partial charge on any atom is -0.390 e. The van der Waals surface area contributed by atoms with E-state index in [-0.39, 0.29) is 17.6 Å². The molecule has 1 amide bonds. The fourth-order valence-electron chi connectivity index (χ4n) is 4.17. The number of thioether (sulfide) groups is 1. The summed E-state index contributed by atoms with van der Waals surface area (Å²) in [7, 11) is 0. The topological polar surface area (TPSA) is 125 Å². The Morgan fingerprint density at radius 1 is 1.15 bits per heavy atom. The van der Waals surface area contributed by atoms with Gasteiger partial charge in [0.15, 0.2) is 5.17 Å². The third-order valence-electron chi connectivity index (χ3n) is 5.90. The highest BCUT2D eigenvalue weighted by Crippen LogP contribution is 2.41. The molecule has 1 aromatic carbocycles. The average Bonchev–Trinajstić information content (AvgIpc) is 3.52. The number of carbonyl (C=O) groups is 1. The number of nitrogens with one attached hydrogen (secondary N) is 2. The molecule has 1 fully saturated rings.